The Morgan fingerprint density at radius 1 is 1.36 bits per heavy atom. The first-order chi connectivity index (χ1) is 10.6. The maximum atomic E-state index is 11.4. The quantitative estimate of drug-likeness (QED) is 0.942. The third-order valence-electron chi connectivity index (χ3n) is 3.92. The number of thiazole rings is 1. The summed E-state index contributed by atoms with van der Waals surface area (Å²) in [6.45, 7) is 3.27. The molecule has 3 heterocycles. The molecule has 2 aromatic rings. The average Bonchev–Trinajstić information content (AvgIpc) is 3.14. The molecule has 0 atom stereocenters. The second-order valence-corrected chi connectivity index (χ2v) is 6.32. The van der Waals surface area contributed by atoms with Crippen molar-refractivity contribution in [3.05, 3.63) is 29.3 Å². The lowest BCUT2D eigenvalue weighted by Crippen LogP contribution is -2.37. The number of likely N-dealkylation sites (tertiary alicyclic amines) is 1. The van der Waals surface area contributed by atoms with Gasteiger partial charge in [-0.15, -0.1) is 11.3 Å². The number of hydrogen-bond donors (Lipinski definition) is 1. The zero-order valence-corrected chi connectivity index (χ0v) is 13.3. The topological polar surface area (TPSA) is 77.0 Å². The number of anilines is 1. The van der Waals surface area contributed by atoms with Crippen LogP contribution < -0.4 is 5.73 Å². The smallest absolute Gasteiger partial charge is 0.219 e. The minimum Gasteiger partial charge on any atom is -0.375 e. The Kier molecular flexibility index (Phi) is 4.24. The molecule has 0 aromatic carbocycles. The number of piperidine rings is 1. The van der Waals surface area contributed by atoms with E-state index in [1.165, 1.54) is 11.3 Å². The van der Waals surface area contributed by atoms with Crippen LogP contribution in [-0.4, -0.2) is 38.4 Å². The number of aromatic nitrogens is 3. The number of hydrogen-bond acceptors (Lipinski definition) is 5. The second-order valence-electron chi connectivity index (χ2n) is 5.43. The van der Waals surface area contributed by atoms with Crippen molar-refractivity contribution in [1.82, 2.24) is 19.4 Å². The van der Waals surface area contributed by atoms with E-state index in [2.05, 4.69) is 14.5 Å². The summed E-state index contributed by atoms with van der Waals surface area (Å²) >= 11 is 1.43. The summed E-state index contributed by atoms with van der Waals surface area (Å²) in [5.74, 6) is 0.162. The molecular weight excluding hydrogens is 298 g/mol. The molecule has 0 aliphatic carbocycles. The Morgan fingerprint density at radius 2 is 2.09 bits per heavy atom. The van der Waals surface area contributed by atoms with Crippen LogP contribution >= 0.6 is 11.3 Å². The Labute approximate surface area is 133 Å². The fraction of sp³-hybridized carbons (Fsp3) is 0.400. The van der Waals surface area contributed by atoms with Gasteiger partial charge in [-0.1, -0.05) is 0 Å². The van der Waals surface area contributed by atoms with Crippen LogP contribution in [0, 0.1) is 0 Å². The molecule has 116 valence electrons. The molecule has 2 N–H and O–H groups in total. The normalized spacial score (nSPS) is 16.5. The first kappa shape index (κ1) is 14.8. The summed E-state index contributed by atoms with van der Waals surface area (Å²) in [4.78, 5) is 21.8. The van der Waals surface area contributed by atoms with E-state index in [0.717, 1.165) is 37.3 Å². The van der Waals surface area contributed by atoms with Gasteiger partial charge >= 0.3 is 0 Å². The summed E-state index contributed by atoms with van der Waals surface area (Å²) in [5.41, 5.74) is 7.36. The van der Waals surface area contributed by atoms with Gasteiger partial charge in [0.15, 0.2) is 5.13 Å². The van der Waals surface area contributed by atoms with Crippen LogP contribution in [0.5, 0.6) is 0 Å². The number of carbonyl (C=O) groups excluding carboxylic acids is 1. The van der Waals surface area contributed by atoms with Gasteiger partial charge < -0.3 is 15.2 Å². The molecule has 0 radical (unpaired) electrons. The van der Waals surface area contributed by atoms with Gasteiger partial charge in [-0.25, -0.2) is 9.97 Å². The standard InChI is InChI=1S/C15H19N5OS/c1-11(21)19-6-4-14(5-7-19)20-8-12(17-10-20)2-3-13-9-22-15(16)18-13/h2-3,8-10,14H,4-7H2,1H3,(H2,16,18)/b3-2+. The number of carbonyl (C=O) groups is 1. The summed E-state index contributed by atoms with van der Waals surface area (Å²) in [5, 5.41) is 2.49. The number of nitrogens with two attached hydrogens (primary N) is 1. The molecule has 0 unspecified atom stereocenters. The highest BCUT2D eigenvalue weighted by Crippen LogP contribution is 2.23. The fourth-order valence-corrected chi connectivity index (χ4v) is 3.20. The van der Waals surface area contributed by atoms with Crippen molar-refractivity contribution >= 4 is 34.5 Å². The molecule has 2 aromatic heterocycles. The summed E-state index contributed by atoms with van der Waals surface area (Å²) in [6, 6.07) is 0.417. The Balaban J connectivity index is 1.62. The molecule has 0 spiro atoms. The van der Waals surface area contributed by atoms with Crippen LogP contribution in [0.2, 0.25) is 0 Å². The van der Waals surface area contributed by atoms with Crippen LogP contribution in [0.15, 0.2) is 17.9 Å². The van der Waals surface area contributed by atoms with Crippen molar-refractivity contribution in [3.63, 3.8) is 0 Å². The SMILES string of the molecule is CC(=O)N1CCC(n2cnc(/C=C/c3csc(N)n3)c2)CC1. The van der Waals surface area contributed by atoms with Crippen molar-refractivity contribution in [2.24, 2.45) is 0 Å². The van der Waals surface area contributed by atoms with E-state index in [1.54, 1.807) is 6.92 Å². The summed E-state index contributed by atoms with van der Waals surface area (Å²) in [6.07, 6.45) is 9.71. The second kappa shape index (κ2) is 6.31. The molecule has 6 nitrogen and oxygen atoms in total. The molecule has 0 bridgehead atoms. The molecule has 22 heavy (non-hydrogen) atoms. The van der Waals surface area contributed by atoms with Crippen LogP contribution in [0.25, 0.3) is 12.2 Å². The summed E-state index contributed by atoms with van der Waals surface area (Å²) in [7, 11) is 0. The number of amides is 1. The number of nitrogens with zero attached hydrogens (tertiary/aromatic N) is 4. The van der Waals surface area contributed by atoms with Gasteiger partial charge in [-0.3, -0.25) is 4.79 Å². The predicted molar refractivity (Wildman–Crippen MR) is 88.2 cm³/mol. The maximum absolute atomic E-state index is 11.4. The van der Waals surface area contributed by atoms with Gasteiger partial charge in [-0.2, -0.15) is 0 Å². The highest BCUT2D eigenvalue weighted by molar-refractivity contribution is 7.13. The zero-order chi connectivity index (χ0) is 15.5. The van der Waals surface area contributed by atoms with Crippen molar-refractivity contribution in [3.8, 4) is 0 Å². The largest absolute Gasteiger partial charge is 0.375 e. The minimum absolute atomic E-state index is 0.162. The Morgan fingerprint density at radius 3 is 2.73 bits per heavy atom. The first-order valence-corrected chi connectivity index (χ1v) is 8.18. The molecular formula is C15H19N5OS. The van der Waals surface area contributed by atoms with E-state index < -0.39 is 0 Å². The van der Waals surface area contributed by atoms with Crippen molar-refractivity contribution in [2.75, 3.05) is 18.8 Å². The molecule has 1 amide bonds. The monoisotopic (exact) mass is 317 g/mol. The Hall–Kier alpha value is -2.15. The summed E-state index contributed by atoms with van der Waals surface area (Å²) < 4.78 is 2.15. The molecule has 1 aliphatic heterocycles. The Bertz CT molecular complexity index is 682. The predicted octanol–water partition coefficient (Wildman–Crippen LogP) is 2.28. The van der Waals surface area contributed by atoms with Gasteiger partial charge in [-0.05, 0) is 25.0 Å². The third-order valence-corrected chi connectivity index (χ3v) is 4.61. The van der Waals surface area contributed by atoms with Crippen LogP contribution in [0.3, 0.4) is 0 Å². The molecule has 1 aliphatic rings. The molecule has 1 saturated heterocycles. The van der Waals surface area contributed by atoms with Crippen LogP contribution in [0.1, 0.15) is 37.2 Å². The highest BCUT2D eigenvalue weighted by atomic mass is 32.1. The van der Waals surface area contributed by atoms with E-state index in [-0.39, 0.29) is 5.91 Å². The van der Waals surface area contributed by atoms with E-state index in [0.29, 0.717) is 11.2 Å². The molecule has 0 saturated carbocycles. The van der Waals surface area contributed by atoms with Crippen molar-refractivity contribution < 1.29 is 4.79 Å². The van der Waals surface area contributed by atoms with Crippen LogP contribution in [0.4, 0.5) is 5.13 Å². The van der Waals surface area contributed by atoms with Gasteiger partial charge in [0.1, 0.15) is 0 Å². The van der Waals surface area contributed by atoms with Crippen LogP contribution in [-0.2, 0) is 4.79 Å². The number of nitrogen functional groups attached to an aromatic ring is 1. The molecule has 7 heteroatoms. The van der Waals surface area contributed by atoms with Crippen molar-refractivity contribution in [1.29, 1.82) is 0 Å². The highest BCUT2D eigenvalue weighted by Gasteiger charge is 2.21. The van der Waals surface area contributed by atoms with E-state index in [1.807, 2.05) is 35.0 Å². The number of imidazole rings is 1. The van der Waals surface area contributed by atoms with Gasteiger partial charge in [0.05, 0.1) is 17.7 Å². The van der Waals surface area contributed by atoms with Gasteiger partial charge in [0, 0.05) is 37.6 Å². The maximum Gasteiger partial charge on any atom is 0.219 e. The van der Waals surface area contributed by atoms with Gasteiger partial charge in [0.25, 0.3) is 0 Å². The average molecular weight is 317 g/mol. The minimum atomic E-state index is 0.162. The lowest BCUT2D eigenvalue weighted by molar-refractivity contribution is -0.130. The fourth-order valence-electron chi connectivity index (χ4n) is 2.67. The zero-order valence-electron chi connectivity index (χ0n) is 12.5. The molecule has 3 rings (SSSR count). The van der Waals surface area contributed by atoms with E-state index >= 15 is 0 Å². The van der Waals surface area contributed by atoms with Gasteiger partial charge in [0.2, 0.25) is 5.91 Å². The number of rotatable bonds is 3. The van der Waals surface area contributed by atoms with E-state index in [4.69, 9.17) is 5.73 Å². The first-order valence-electron chi connectivity index (χ1n) is 7.30. The third kappa shape index (κ3) is 3.36. The van der Waals surface area contributed by atoms with Crippen molar-refractivity contribution in [2.45, 2.75) is 25.8 Å². The van der Waals surface area contributed by atoms with E-state index in [9.17, 15) is 4.79 Å². The lowest BCUT2D eigenvalue weighted by Gasteiger charge is -2.31. The lowest BCUT2D eigenvalue weighted by atomic mass is 10.1. The molecule has 1 fully saturated rings.